The highest BCUT2D eigenvalue weighted by atomic mass is 15.2. The van der Waals surface area contributed by atoms with E-state index in [2.05, 4.69) is 14.9 Å². The summed E-state index contributed by atoms with van der Waals surface area (Å²) in [6.45, 7) is 2.42. The Morgan fingerprint density at radius 2 is 1.63 bits per heavy atom. The van der Waals surface area contributed by atoms with Crippen LogP contribution in [-0.2, 0) is 0 Å². The van der Waals surface area contributed by atoms with Gasteiger partial charge in [0.25, 0.3) is 0 Å². The fourth-order valence-corrected chi connectivity index (χ4v) is 3.93. The van der Waals surface area contributed by atoms with Crippen molar-refractivity contribution >= 4 is 0 Å². The van der Waals surface area contributed by atoms with Crippen molar-refractivity contribution in [3.05, 3.63) is 24.3 Å². The molecule has 1 saturated heterocycles. The number of aromatic nitrogens is 2. The number of rotatable bonds is 3. The summed E-state index contributed by atoms with van der Waals surface area (Å²) in [5, 5.41) is 0. The molecular formula is C15H24N4. The van der Waals surface area contributed by atoms with Crippen LogP contribution in [0.3, 0.4) is 0 Å². The number of nitrogens with two attached hydrogens (primary N) is 1. The van der Waals surface area contributed by atoms with Crippen molar-refractivity contribution < 1.29 is 0 Å². The molecule has 4 nitrogen and oxygen atoms in total. The van der Waals surface area contributed by atoms with E-state index in [1.54, 1.807) is 6.33 Å². The molecule has 1 saturated carbocycles. The molecule has 1 aromatic heterocycles. The molecular weight excluding hydrogens is 236 g/mol. The van der Waals surface area contributed by atoms with Gasteiger partial charge in [0.1, 0.15) is 6.33 Å². The van der Waals surface area contributed by atoms with Gasteiger partial charge in [0.2, 0.25) is 0 Å². The molecule has 4 heteroatoms. The summed E-state index contributed by atoms with van der Waals surface area (Å²) in [6.07, 6.45) is 14.4. The predicted octanol–water partition coefficient (Wildman–Crippen LogP) is 2.28. The summed E-state index contributed by atoms with van der Waals surface area (Å²) in [5.74, 6) is 0. The molecule has 2 aliphatic rings. The minimum atomic E-state index is 0.0503. The van der Waals surface area contributed by atoms with Crippen LogP contribution in [-0.4, -0.2) is 33.5 Å². The first-order valence-corrected chi connectivity index (χ1v) is 7.58. The Labute approximate surface area is 115 Å². The van der Waals surface area contributed by atoms with Crippen LogP contribution in [0.25, 0.3) is 0 Å². The van der Waals surface area contributed by atoms with Crippen LogP contribution >= 0.6 is 0 Å². The summed E-state index contributed by atoms with van der Waals surface area (Å²) in [7, 11) is 0. The summed E-state index contributed by atoms with van der Waals surface area (Å²) in [4.78, 5) is 11.0. The van der Waals surface area contributed by atoms with Gasteiger partial charge in [0.15, 0.2) is 0 Å². The van der Waals surface area contributed by atoms with E-state index in [1.807, 2.05) is 12.4 Å². The lowest BCUT2D eigenvalue weighted by Crippen LogP contribution is -2.55. The number of hydrogen-bond acceptors (Lipinski definition) is 4. The van der Waals surface area contributed by atoms with E-state index < -0.39 is 0 Å². The molecule has 1 atom stereocenters. The standard InChI is InChI=1S/C15H24N4/c16-14(13-10-17-12-18-11-13)15(6-2-3-7-15)19-8-4-1-5-9-19/h10-12,14H,1-9,16H2. The fourth-order valence-electron chi connectivity index (χ4n) is 3.93. The molecule has 2 fully saturated rings. The largest absolute Gasteiger partial charge is 0.322 e. The molecule has 0 radical (unpaired) electrons. The first kappa shape index (κ1) is 13.0. The van der Waals surface area contributed by atoms with Crippen molar-refractivity contribution in [2.24, 2.45) is 5.73 Å². The Hall–Kier alpha value is -1.00. The molecule has 1 aliphatic carbocycles. The molecule has 104 valence electrons. The molecule has 1 aliphatic heterocycles. The average molecular weight is 260 g/mol. The summed E-state index contributed by atoms with van der Waals surface area (Å²) in [5.41, 5.74) is 7.89. The quantitative estimate of drug-likeness (QED) is 0.906. The summed E-state index contributed by atoms with van der Waals surface area (Å²) >= 11 is 0. The highest BCUT2D eigenvalue weighted by Crippen LogP contribution is 2.44. The number of likely N-dealkylation sites (tertiary alicyclic amines) is 1. The zero-order valence-corrected chi connectivity index (χ0v) is 11.6. The van der Waals surface area contributed by atoms with Gasteiger partial charge in [0.05, 0.1) is 6.04 Å². The lowest BCUT2D eigenvalue weighted by Gasteiger charge is -2.47. The maximum Gasteiger partial charge on any atom is 0.115 e. The van der Waals surface area contributed by atoms with Crippen LogP contribution in [0.4, 0.5) is 0 Å². The number of hydrogen-bond donors (Lipinski definition) is 1. The summed E-state index contributed by atoms with van der Waals surface area (Å²) < 4.78 is 0. The van der Waals surface area contributed by atoms with E-state index in [-0.39, 0.29) is 11.6 Å². The smallest absolute Gasteiger partial charge is 0.115 e. The molecule has 0 amide bonds. The van der Waals surface area contributed by atoms with Crippen molar-refractivity contribution in [1.29, 1.82) is 0 Å². The van der Waals surface area contributed by atoms with E-state index in [4.69, 9.17) is 5.73 Å². The van der Waals surface area contributed by atoms with E-state index in [0.29, 0.717) is 0 Å². The Morgan fingerprint density at radius 3 is 2.26 bits per heavy atom. The first-order valence-electron chi connectivity index (χ1n) is 7.58. The van der Waals surface area contributed by atoms with Gasteiger partial charge >= 0.3 is 0 Å². The van der Waals surface area contributed by atoms with Gasteiger partial charge in [-0.1, -0.05) is 19.3 Å². The molecule has 1 aromatic rings. The van der Waals surface area contributed by atoms with E-state index in [0.717, 1.165) is 5.56 Å². The Morgan fingerprint density at radius 1 is 1.00 bits per heavy atom. The second-order valence-electron chi connectivity index (χ2n) is 6.01. The lowest BCUT2D eigenvalue weighted by atomic mass is 9.82. The van der Waals surface area contributed by atoms with Crippen molar-refractivity contribution in [2.75, 3.05) is 13.1 Å². The third kappa shape index (κ3) is 2.39. The van der Waals surface area contributed by atoms with Gasteiger partial charge in [-0.2, -0.15) is 0 Å². The number of nitrogens with zero attached hydrogens (tertiary/aromatic N) is 3. The van der Waals surface area contributed by atoms with Crippen LogP contribution in [0.15, 0.2) is 18.7 Å². The zero-order valence-electron chi connectivity index (χ0n) is 11.6. The molecule has 2 heterocycles. The molecule has 0 spiro atoms. The second-order valence-corrected chi connectivity index (χ2v) is 6.01. The lowest BCUT2D eigenvalue weighted by molar-refractivity contribution is 0.0476. The molecule has 0 bridgehead atoms. The van der Waals surface area contributed by atoms with Gasteiger partial charge in [-0.15, -0.1) is 0 Å². The van der Waals surface area contributed by atoms with E-state index in [1.165, 1.54) is 58.0 Å². The monoisotopic (exact) mass is 260 g/mol. The SMILES string of the molecule is NC(c1cncnc1)C1(N2CCCCC2)CCCC1. The minimum Gasteiger partial charge on any atom is -0.322 e. The molecule has 2 N–H and O–H groups in total. The van der Waals surface area contributed by atoms with Gasteiger partial charge in [-0.25, -0.2) is 9.97 Å². The first-order chi connectivity index (χ1) is 9.33. The van der Waals surface area contributed by atoms with E-state index in [9.17, 15) is 0 Å². The highest BCUT2D eigenvalue weighted by Gasteiger charge is 2.45. The Balaban J connectivity index is 1.87. The van der Waals surface area contributed by atoms with Gasteiger partial charge < -0.3 is 5.73 Å². The topological polar surface area (TPSA) is 55.0 Å². The normalized spacial score (nSPS) is 25.3. The van der Waals surface area contributed by atoms with Crippen molar-refractivity contribution in [3.8, 4) is 0 Å². The minimum absolute atomic E-state index is 0.0503. The van der Waals surface area contributed by atoms with Crippen LogP contribution < -0.4 is 5.73 Å². The second kappa shape index (κ2) is 5.55. The third-order valence-electron chi connectivity index (χ3n) is 4.97. The predicted molar refractivity (Wildman–Crippen MR) is 75.6 cm³/mol. The zero-order chi connectivity index (χ0) is 13.1. The van der Waals surface area contributed by atoms with Crippen LogP contribution in [0, 0.1) is 0 Å². The highest BCUT2D eigenvalue weighted by molar-refractivity contribution is 5.18. The molecule has 1 unspecified atom stereocenters. The Kier molecular flexibility index (Phi) is 3.80. The van der Waals surface area contributed by atoms with Crippen molar-refractivity contribution in [2.45, 2.75) is 56.5 Å². The van der Waals surface area contributed by atoms with Crippen molar-refractivity contribution in [1.82, 2.24) is 14.9 Å². The molecule has 0 aromatic carbocycles. The fraction of sp³-hybridized carbons (Fsp3) is 0.733. The van der Waals surface area contributed by atoms with Gasteiger partial charge in [-0.3, -0.25) is 4.90 Å². The maximum atomic E-state index is 6.64. The van der Waals surface area contributed by atoms with E-state index >= 15 is 0 Å². The Bertz CT molecular complexity index is 394. The average Bonchev–Trinajstić information content (AvgIpc) is 2.99. The van der Waals surface area contributed by atoms with Gasteiger partial charge in [0, 0.05) is 23.5 Å². The van der Waals surface area contributed by atoms with Crippen LogP contribution in [0.2, 0.25) is 0 Å². The van der Waals surface area contributed by atoms with Crippen LogP contribution in [0.1, 0.15) is 56.6 Å². The molecule has 19 heavy (non-hydrogen) atoms. The summed E-state index contributed by atoms with van der Waals surface area (Å²) in [6, 6.07) is 0.0503. The maximum absolute atomic E-state index is 6.64. The number of piperidine rings is 1. The van der Waals surface area contributed by atoms with Crippen molar-refractivity contribution in [3.63, 3.8) is 0 Å². The third-order valence-corrected chi connectivity index (χ3v) is 4.97. The van der Waals surface area contributed by atoms with Gasteiger partial charge in [-0.05, 0) is 38.8 Å². The molecule has 3 rings (SSSR count). The van der Waals surface area contributed by atoms with Crippen LogP contribution in [0.5, 0.6) is 0 Å².